The number of hydrogen-bond acceptors (Lipinski definition) is 3. The quantitative estimate of drug-likeness (QED) is 0.934. The third kappa shape index (κ3) is 2.72. The van der Waals surface area contributed by atoms with Crippen molar-refractivity contribution in [2.45, 2.75) is 31.8 Å². The van der Waals surface area contributed by atoms with Crippen molar-refractivity contribution in [3.05, 3.63) is 63.6 Å². The number of methoxy groups -OCH3 is 1. The number of rotatable bonds is 4. The summed E-state index contributed by atoms with van der Waals surface area (Å²) in [6.07, 6.45) is 3.15. The van der Waals surface area contributed by atoms with Crippen LogP contribution in [0.25, 0.3) is 0 Å². The van der Waals surface area contributed by atoms with Crippen LogP contribution < -0.4 is 16.0 Å². The molecule has 4 heteroatoms. The average Bonchev–Trinajstić information content (AvgIpc) is 2.99. The lowest BCUT2D eigenvalue weighted by Crippen LogP contribution is -2.28. The molecule has 0 spiro atoms. The predicted octanol–water partition coefficient (Wildman–Crippen LogP) is 2.05. The van der Waals surface area contributed by atoms with Gasteiger partial charge in [0.2, 0.25) is 0 Å². The Morgan fingerprint density at radius 1 is 1.29 bits per heavy atom. The van der Waals surface area contributed by atoms with Gasteiger partial charge in [0.15, 0.2) is 0 Å². The van der Waals surface area contributed by atoms with Gasteiger partial charge in [0.25, 0.3) is 5.56 Å². The minimum Gasteiger partial charge on any atom is -0.497 e. The fourth-order valence-electron chi connectivity index (χ4n) is 3.01. The first-order valence-electron chi connectivity index (χ1n) is 7.30. The van der Waals surface area contributed by atoms with E-state index in [1.54, 1.807) is 13.2 Å². The summed E-state index contributed by atoms with van der Waals surface area (Å²) in [5, 5.41) is 0. The van der Waals surface area contributed by atoms with Gasteiger partial charge in [-0.1, -0.05) is 18.2 Å². The largest absolute Gasteiger partial charge is 0.497 e. The van der Waals surface area contributed by atoms with Crippen LogP contribution in [0.2, 0.25) is 0 Å². The highest BCUT2D eigenvalue weighted by Crippen LogP contribution is 2.23. The summed E-state index contributed by atoms with van der Waals surface area (Å²) in [5.74, 6) is 0.786. The molecule has 21 heavy (non-hydrogen) atoms. The standard InChI is InChI=1S/C17H20N2O2/c1-21-14-6-2-5-13(10-14)15(18)11-19-16-7-3-4-12(16)8-9-17(19)20/h2,5-6,8-10,15H,3-4,7,11,18H2,1H3. The summed E-state index contributed by atoms with van der Waals surface area (Å²) in [5.41, 5.74) is 9.76. The van der Waals surface area contributed by atoms with Crippen molar-refractivity contribution < 1.29 is 4.74 Å². The smallest absolute Gasteiger partial charge is 0.250 e. The number of aryl methyl sites for hydroxylation is 1. The lowest BCUT2D eigenvalue weighted by Gasteiger charge is -2.18. The molecule has 0 aliphatic heterocycles. The Hall–Kier alpha value is -2.07. The van der Waals surface area contributed by atoms with Crippen LogP contribution in [0.3, 0.4) is 0 Å². The van der Waals surface area contributed by atoms with Crippen LogP contribution in [-0.2, 0) is 19.4 Å². The van der Waals surface area contributed by atoms with Gasteiger partial charge in [0.05, 0.1) is 7.11 Å². The number of nitrogens with two attached hydrogens (primary N) is 1. The van der Waals surface area contributed by atoms with E-state index in [4.69, 9.17) is 10.5 Å². The molecular formula is C17H20N2O2. The number of fused-ring (bicyclic) bond motifs is 1. The van der Waals surface area contributed by atoms with Crippen LogP contribution in [-0.4, -0.2) is 11.7 Å². The second kappa shape index (κ2) is 5.74. The molecular weight excluding hydrogens is 264 g/mol. The molecule has 110 valence electrons. The van der Waals surface area contributed by atoms with Crippen LogP contribution in [0.1, 0.15) is 29.3 Å². The van der Waals surface area contributed by atoms with Crippen LogP contribution in [0.4, 0.5) is 0 Å². The van der Waals surface area contributed by atoms with Crippen LogP contribution in [0, 0.1) is 0 Å². The van der Waals surface area contributed by atoms with E-state index >= 15 is 0 Å². The second-order valence-electron chi connectivity index (χ2n) is 5.49. The Balaban J connectivity index is 1.90. The van der Waals surface area contributed by atoms with Crippen LogP contribution in [0.5, 0.6) is 5.75 Å². The molecule has 0 bridgehead atoms. The van der Waals surface area contributed by atoms with E-state index in [-0.39, 0.29) is 11.6 Å². The molecule has 1 atom stereocenters. The van der Waals surface area contributed by atoms with E-state index in [9.17, 15) is 4.79 Å². The summed E-state index contributed by atoms with van der Waals surface area (Å²) in [6, 6.07) is 11.1. The molecule has 3 rings (SSSR count). The molecule has 0 amide bonds. The highest BCUT2D eigenvalue weighted by atomic mass is 16.5. The Morgan fingerprint density at radius 2 is 2.14 bits per heavy atom. The SMILES string of the molecule is COc1cccc(C(N)Cn2c3c(ccc2=O)CCC3)c1. The Bertz CT molecular complexity index is 706. The van der Waals surface area contributed by atoms with E-state index in [1.165, 1.54) is 5.56 Å². The van der Waals surface area contributed by atoms with Gasteiger partial charge in [-0.05, 0) is 42.5 Å². The summed E-state index contributed by atoms with van der Waals surface area (Å²) in [4.78, 5) is 12.2. The van der Waals surface area contributed by atoms with Crippen molar-refractivity contribution in [3.63, 3.8) is 0 Å². The lowest BCUT2D eigenvalue weighted by atomic mass is 10.1. The number of pyridine rings is 1. The zero-order valence-corrected chi connectivity index (χ0v) is 12.2. The molecule has 1 aliphatic carbocycles. The van der Waals surface area contributed by atoms with Crippen molar-refractivity contribution in [2.75, 3.05) is 7.11 Å². The van der Waals surface area contributed by atoms with Crippen molar-refractivity contribution in [1.82, 2.24) is 4.57 Å². The molecule has 0 fully saturated rings. The summed E-state index contributed by atoms with van der Waals surface area (Å²) < 4.78 is 7.07. The van der Waals surface area contributed by atoms with Crippen molar-refractivity contribution in [2.24, 2.45) is 5.73 Å². The third-order valence-electron chi connectivity index (χ3n) is 4.15. The summed E-state index contributed by atoms with van der Waals surface area (Å²) >= 11 is 0. The van der Waals surface area contributed by atoms with Crippen LogP contribution in [0.15, 0.2) is 41.2 Å². The molecule has 4 nitrogen and oxygen atoms in total. The maximum atomic E-state index is 12.2. The second-order valence-corrected chi connectivity index (χ2v) is 5.49. The fraction of sp³-hybridized carbons (Fsp3) is 0.353. The van der Waals surface area contributed by atoms with Gasteiger partial charge in [-0.15, -0.1) is 0 Å². The van der Waals surface area contributed by atoms with Gasteiger partial charge >= 0.3 is 0 Å². The maximum Gasteiger partial charge on any atom is 0.250 e. The number of benzene rings is 1. The first-order chi connectivity index (χ1) is 10.2. The Kier molecular flexibility index (Phi) is 3.80. The normalized spacial score (nSPS) is 14.8. The Labute approximate surface area is 124 Å². The van der Waals surface area contributed by atoms with Gasteiger partial charge in [-0.3, -0.25) is 4.79 Å². The molecule has 2 N–H and O–H groups in total. The maximum absolute atomic E-state index is 12.2. The molecule has 2 aromatic rings. The topological polar surface area (TPSA) is 57.2 Å². The van der Waals surface area contributed by atoms with Gasteiger partial charge in [0, 0.05) is 24.3 Å². The molecule has 1 aliphatic rings. The molecule has 1 aromatic carbocycles. The zero-order chi connectivity index (χ0) is 14.8. The van der Waals surface area contributed by atoms with E-state index in [1.807, 2.05) is 34.9 Å². The summed E-state index contributed by atoms with van der Waals surface area (Å²) in [7, 11) is 1.64. The first kappa shape index (κ1) is 13.9. The number of hydrogen-bond donors (Lipinski definition) is 1. The molecule has 0 radical (unpaired) electrons. The van der Waals surface area contributed by atoms with Crippen molar-refractivity contribution >= 4 is 0 Å². The van der Waals surface area contributed by atoms with Crippen molar-refractivity contribution in [1.29, 1.82) is 0 Å². The highest BCUT2D eigenvalue weighted by molar-refractivity contribution is 5.31. The van der Waals surface area contributed by atoms with E-state index < -0.39 is 0 Å². The van der Waals surface area contributed by atoms with Crippen molar-refractivity contribution in [3.8, 4) is 5.75 Å². The Morgan fingerprint density at radius 3 is 2.95 bits per heavy atom. The number of aromatic nitrogens is 1. The average molecular weight is 284 g/mol. The number of ether oxygens (including phenoxy) is 1. The molecule has 1 unspecified atom stereocenters. The van der Waals surface area contributed by atoms with Gasteiger partial charge in [0.1, 0.15) is 5.75 Å². The van der Waals surface area contributed by atoms with E-state index in [0.717, 1.165) is 36.3 Å². The summed E-state index contributed by atoms with van der Waals surface area (Å²) in [6.45, 7) is 0.509. The minimum atomic E-state index is -0.218. The predicted molar refractivity (Wildman–Crippen MR) is 82.6 cm³/mol. The first-order valence-corrected chi connectivity index (χ1v) is 7.30. The fourth-order valence-corrected chi connectivity index (χ4v) is 3.01. The van der Waals surface area contributed by atoms with Gasteiger partial charge in [-0.25, -0.2) is 0 Å². The van der Waals surface area contributed by atoms with Gasteiger partial charge in [-0.2, -0.15) is 0 Å². The molecule has 1 aromatic heterocycles. The molecule has 0 saturated heterocycles. The minimum absolute atomic E-state index is 0.0361. The monoisotopic (exact) mass is 284 g/mol. The molecule has 1 heterocycles. The lowest BCUT2D eigenvalue weighted by molar-refractivity contribution is 0.413. The van der Waals surface area contributed by atoms with Gasteiger partial charge < -0.3 is 15.0 Å². The number of nitrogens with zero attached hydrogens (tertiary/aromatic N) is 1. The third-order valence-corrected chi connectivity index (χ3v) is 4.15. The van der Waals surface area contributed by atoms with Crippen LogP contribution >= 0.6 is 0 Å². The highest BCUT2D eigenvalue weighted by Gasteiger charge is 2.18. The molecule has 0 saturated carbocycles. The van der Waals surface area contributed by atoms with E-state index in [0.29, 0.717) is 6.54 Å². The van der Waals surface area contributed by atoms with E-state index in [2.05, 4.69) is 0 Å². The zero-order valence-electron chi connectivity index (χ0n) is 12.2.